The molecule has 0 fully saturated rings. The Morgan fingerprint density at radius 1 is 1.23 bits per heavy atom. The third-order valence-electron chi connectivity index (χ3n) is 3.07. The van der Waals surface area contributed by atoms with E-state index in [2.05, 4.69) is 29.5 Å². The topological polar surface area (TPSA) is 97.1 Å². The molecule has 0 aliphatic carbocycles. The maximum atomic E-state index is 11.6. The first kappa shape index (κ1) is 22.9. The Kier molecular flexibility index (Phi) is 12.7. The lowest BCUT2D eigenvalue weighted by Crippen LogP contribution is -2.41. The van der Waals surface area contributed by atoms with Gasteiger partial charge in [0.1, 0.15) is 0 Å². The maximum absolute atomic E-state index is 11.6. The zero-order valence-electron chi connectivity index (χ0n) is 12.7. The van der Waals surface area contributed by atoms with Crippen LogP contribution in [0.25, 0.3) is 0 Å². The zero-order valence-corrected chi connectivity index (χ0v) is 14.4. The van der Waals surface area contributed by atoms with Gasteiger partial charge in [0, 0.05) is 24.9 Å². The van der Waals surface area contributed by atoms with Crippen molar-refractivity contribution in [3.05, 3.63) is 30.1 Å². The largest absolute Gasteiger partial charge is 0.354 e. The molecule has 0 aromatic carbocycles. The number of hydrogen-bond acceptors (Lipinski definition) is 4. The first-order chi connectivity index (χ1) is 9.54. The van der Waals surface area contributed by atoms with Crippen LogP contribution < -0.4 is 16.4 Å². The van der Waals surface area contributed by atoms with Gasteiger partial charge in [0.15, 0.2) is 0 Å². The molecule has 1 aromatic heterocycles. The third-order valence-corrected chi connectivity index (χ3v) is 3.07. The second kappa shape index (κ2) is 12.2. The van der Waals surface area contributed by atoms with E-state index in [1.54, 1.807) is 6.20 Å². The molecule has 1 unspecified atom stereocenters. The van der Waals surface area contributed by atoms with Crippen molar-refractivity contribution >= 4 is 36.6 Å². The van der Waals surface area contributed by atoms with Crippen LogP contribution in [0, 0.1) is 5.92 Å². The second-order valence-corrected chi connectivity index (χ2v) is 4.92. The van der Waals surface area contributed by atoms with Gasteiger partial charge in [-0.05, 0) is 17.5 Å². The van der Waals surface area contributed by atoms with Gasteiger partial charge >= 0.3 is 0 Å². The minimum Gasteiger partial charge on any atom is -0.354 e. The van der Waals surface area contributed by atoms with Gasteiger partial charge in [0.05, 0.1) is 13.1 Å². The summed E-state index contributed by atoms with van der Waals surface area (Å²) in [4.78, 5) is 26.7. The lowest BCUT2D eigenvalue weighted by Gasteiger charge is -2.21. The number of pyridine rings is 1. The average molecular weight is 351 g/mol. The van der Waals surface area contributed by atoms with Crippen molar-refractivity contribution in [1.82, 2.24) is 15.6 Å². The summed E-state index contributed by atoms with van der Waals surface area (Å²) in [5.74, 6) is 0.00477. The molecule has 8 heteroatoms. The molecule has 0 saturated heterocycles. The van der Waals surface area contributed by atoms with Gasteiger partial charge in [-0.25, -0.2) is 0 Å². The molecule has 0 aliphatic rings. The summed E-state index contributed by atoms with van der Waals surface area (Å²) in [6.07, 6.45) is 3.54. The Labute approximate surface area is 143 Å². The van der Waals surface area contributed by atoms with E-state index in [0.29, 0.717) is 12.5 Å². The number of carbonyl (C=O) groups is 2. The first-order valence-electron chi connectivity index (χ1n) is 6.68. The number of carbonyl (C=O) groups excluding carboxylic acids is 2. The minimum absolute atomic E-state index is 0. The van der Waals surface area contributed by atoms with Gasteiger partial charge in [-0.1, -0.05) is 19.9 Å². The highest BCUT2D eigenvalue weighted by Gasteiger charge is 2.17. The Morgan fingerprint density at radius 3 is 2.41 bits per heavy atom. The number of aromatic nitrogens is 1. The number of nitrogens with zero attached hydrogens (tertiary/aromatic N) is 1. The van der Waals surface area contributed by atoms with Crippen molar-refractivity contribution in [3.8, 4) is 0 Å². The molecule has 4 N–H and O–H groups in total. The maximum Gasteiger partial charge on any atom is 0.239 e. The molecular weight excluding hydrogens is 327 g/mol. The van der Waals surface area contributed by atoms with Gasteiger partial charge in [-0.2, -0.15) is 0 Å². The van der Waals surface area contributed by atoms with Crippen LogP contribution in [-0.2, 0) is 9.59 Å². The summed E-state index contributed by atoms with van der Waals surface area (Å²) in [7, 11) is 0. The molecule has 2 amide bonds. The van der Waals surface area contributed by atoms with Gasteiger partial charge < -0.3 is 16.4 Å². The summed E-state index contributed by atoms with van der Waals surface area (Å²) >= 11 is 0. The van der Waals surface area contributed by atoms with Crippen LogP contribution in [0.2, 0.25) is 0 Å². The SMILES string of the molecule is CC(C)C(CNC(=O)CNC(=O)CN)c1cccnc1.Cl.Cl. The molecule has 0 saturated carbocycles. The second-order valence-electron chi connectivity index (χ2n) is 4.92. The van der Waals surface area contributed by atoms with E-state index in [0.717, 1.165) is 5.56 Å². The molecule has 6 nitrogen and oxygen atoms in total. The lowest BCUT2D eigenvalue weighted by molar-refractivity contribution is -0.125. The Hall–Kier alpha value is -1.37. The minimum atomic E-state index is -0.340. The van der Waals surface area contributed by atoms with Crippen molar-refractivity contribution in [2.24, 2.45) is 11.7 Å². The fourth-order valence-corrected chi connectivity index (χ4v) is 1.87. The standard InChI is InChI=1S/C14H22N4O2.2ClH/c1-10(2)12(11-4-3-5-16-7-11)8-17-14(20)9-18-13(19)6-15;;/h3-5,7,10,12H,6,8-9,15H2,1-2H3,(H,17,20)(H,18,19);2*1H. The molecule has 1 rings (SSSR count). The molecule has 0 aliphatic heterocycles. The number of amides is 2. The van der Waals surface area contributed by atoms with Gasteiger partial charge in [-0.3, -0.25) is 14.6 Å². The van der Waals surface area contributed by atoms with E-state index in [1.807, 2.05) is 18.3 Å². The van der Waals surface area contributed by atoms with Crippen molar-refractivity contribution < 1.29 is 9.59 Å². The van der Waals surface area contributed by atoms with Crippen molar-refractivity contribution in [2.45, 2.75) is 19.8 Å². The highest BCUT2D eigenvalue weighted by molar-refractivity contribution is 5.86. The Morgan fingerprint density at radius 2 is 1.91 bits per heavy atom. The fourth-order valence-electron chi connectivity index (χ4n) is 1.87. The lowest BCUT2D eigenvalue weighted by atomic mass is 9.89. The molecule has 126 valence electrons. The van der Waals surface area contributed by atoms with Gasteiger partial charge in [0.2, 0.25) is 11.8 Å². The highest BCUT2D eigenvalue weighted by atomic mass is 35.5. The van der Waals surface area contributed by atoms with Crippen molar-refractivity contribution in [2.75, 3.05) is 19.6 Å². The van der Waals surface area contributed by atoms with E-state index in [9.17, 15) is 9.59 Å². The number of nitrogens with two attached hydrogens (primary N) is 1. The molecule has 1 aromatic rings. The van der Waals surface area contributed by atoms with Crippen LogP contribution in [0.4, 0.5) is 0 Å². The molecule has 0 radical (unpaired) electrons. The monoisotopic (exact) mass is 350 g/mol. The summed E-state index contributed by atoms with van der Waals surface area (Å²) < 4.78 is 0. The summed E-state index contributed by atoms with van der Waals surface area (Å²) in [5, 5.41) is 5.26. The highest BCUT2D eigenvalue weighted by Crippen LogP contribution is 2.22. The van der Waals surface area contributed by atoms with Crippen molar-refractivity contribution in [3.63, 3.8) is 0 Å². The first-order valence-corrected chi connectivity index (χ1v) is 6.68. The predicted octanol–water partition coefficient (Wildman–Crippen LogP) is 0.856. The number of rotatable bonds is 7. The van der Waals surface area contributed by atoms with E-state index >= 15 is 0 Å². The summed E-state index contributed by atoms with van der Waals surface area (Å²) in [6.45, 7) is 4.55. The van der Waals surface area contributed by atoms with E-state index in [1.165, 1.54) is 0 Å². The molecule has 1 atom stereocenters. The zero-order chi connectivity index (χ0) is 15.0. The smallest absolute Gasteiger partial charge is 0.239 e. The van der Waals surface area contributed by atoms with E-state index in [-0.39, 0.29) is 55.6 Å². The van der Waals surface area contributed by atoms with Crippen LogP contribution in [0.3, 0.4) is 0 Å². The summed E-state index contributed by atoms with van der Waals surface area (Å²) in [5.41, 5.74) is 6.24. The Bertz CT molecular complexity index is 444. The molecule has 0 bridgehead atoms. The predicted molar refractivity (Wildman–Crippen MR) is 91.4 cm³/mol. The van der Waals surface area contributed by atoms with Crippen LogP contribution in [-0.4, -0.2) is 36.4 Å². The van der Waals surface area contributed by atoms with Crippen LogP contribution >= 0.6 is 24.8 Å². The molecule has 22 heavy (non-hydrogen) atoms. The number of hydrogen-bond donors (Lipinski definition) is 3. The van der Waals surface area contributed by atoms with Gasteiger partial charge in [-0.15, -0.1) is 24.8 Å². The van der Waals surface area contributed by atoms with E-state index in [4.69, 9.17) is 5.73 Å². The fraction of sp³-hybridized carbons (Fsp3) is 0.500. The van der Waals surface area contributed by atoms with Gasteiger partial charge in [0.25, 0.3) is 0 Å². The molecular formula is C14H24Cl2N4O2. The normalized spacial score (nSPS) is 10.9. The quantitative estimate of drug-likeness (QED) is 0.679. The average Bonchev–Trinajstić information content (AvgIpc) is 2.45. The van der Waals surface area contributed by atoms with Crippen LogP contribution in [0.5, 0.6) is 0 Å². The number of halogens is 2. The third kappa shape index (κ3) is 8.17. The van der Waals surface area contributed by atoms with Crippen LogP contribution in [0.1, 0.15) is 25.3 Å². The Balaban J connectivity index is 0. The van der Waals surface area contributed by atoms with E-state index < -0.39 is 0 Å². The molecule has 0 spiro atoms. The summed E-state index contributed by atoms with van der Waals surface area (Å²) in [6, 6.07) is 3.88. The van der Waals surface area contributed by atoms with Crippen molar-refractivity contribution in [1.29, 1.82) is 0 Å². The van der Waals surface area contributed by atoms with Crippen LogP contribution in [0.15, 0.2) is 24.5 Å². The number of nitrogens with one attached hydrogen (secondary N) is 2. The molecule has 1 heterocycles.